The van der Waals surface area contributed by atoms with Crippen LogP contribution in [-0.2, 0) is 13.6 Å². The minimum atomic E-state index is -0.270. The van der Waals surface area contributed by atoms with Crippen molar-refractivity contribution in [1.82, 2.24) is 15.1 Å². The molecule has 0 radical (unpaired) electrons. The summed E-state index contributed by atoms with van der Waals surface area (Å²) in [6.07, 6.45) is 1.64. The fourth-order valence-electron chi connectivity index (χ4n) is 1.70. The Morgan fingerprint density at radius 1 is 1.47 bits per heavy atom. The quantitative estimate of drug-likeness (QED) is 0.783. The standard InChI is InChI=1S/C13H17N5O/c1-9-4-3-5-11(6-9)17-13(19)15-7-10-8-16-18(2)12(10)14/h3-6,8H,7,14H2,1-2H3,(H2,15,17,19). The zero-order valence-electron chi connectivity index (χ0n) is 11.0. The summed E-state index contributed by atoms with van der Waals surface area (Å²) < 4.78 is 1.56. The summed E-state index contributed by atoms with van der Waals surface area (Å²) in [7, 11) is 1.76. The van der Waals surface area contributed by atoms with Crippen LogP contribution in [0, 0.1) is 6.92 Å². The Bertz CT molecular complexity index is 590. The number of nitrogen functional groups attached to an aromatic ring is 1. The molecule has 19 heavy (non-hydrogen) atoms. The number of aromatic nitrogens is 2. The van der Waals surface area contributed by atoms with Gasteiger partial charge < -0.3 is 16.4 Å². The Morgan fingerprint density at radius 3 is 2.89 bits per heavy atom. The van der Waals surface area contributed by atoms with Gasteiger partial charge in [-0.3, -0.25) is 4.68 Å². The number of carbonyl (C=O) groups is 1. The highest BCUT2D eigenvalue weighted by atomic mass is 16.2. The third-order valence-electron chi connectivity index (χ3n) is 2.78. The molecule has 1 heterocycles. The first-order valence-electron chi connectivity index (χ1n) is 5.94. The van der Waals surface area contributed by atoms with Gasteiger partial charge in [0.1, 0.15) is 5.82 Å². The first-order valence-corrected chi connectivity index (χ1v) is 5.94. The van der Waals surface area contributed by atoms with E-state index in [0.717, 1.165) is 16.8 Å². The van der Waals surface area contributed by atoms with Crippen LogP contribution in [0.1, 0.15) is 11.1 Å². The number of benzene rings is 1. The lowest BCUT2D eigenvalue weighted by atomic mass is 10.2. The smallest absolute Gasteiger partial charge is 0.319 e. The number of aryl methyl sites for hydroxylation is 2. The van der Waals surface area contributed by atoms with E-state index in [1.165, 1.54) is 0 Å². The molecule has 2 aromatic rings. The molecule has 0 aliphatic carbocycles. The lowest BCUT2D eigenvalue weighted by Crippen LogP contribution is -2.28. The highest BCUT2D eigenvalue weighted by Crippen LogP contribution is 2.10. The Morgan fingerprint density at radius 2 is 2.26 bits per heavy atom. The number of nitrogens with two attached hydrogens (primary N) is 1. The second-order valence-electron chi connectivity index (χ2n) is 4.36. The van der Waals surface area contributed by atoms with Crippen molar-refractivity contribution in [2.75, 3.05) is 11.1 Å². The molecule has 6 nitrogen and oxygen atoms in total. The molecule has 0 atom stereocenters. The van der Waals surface area contributed by atoms with E-state index >= 15 is 0 Å². The monoisotopic (exact) mass is 259 g/mol. The molecule has 0 saturated heterocycles. The minimum absolute atomic E-state index is 0.270. The van der Waals surface area contributed by atoms with Gasteiger partial charge in [-0.25, -0.2) is 4.79 Å². The molecule has 6 heteroatoms. The molecule has 2 amide bonds. The average molecular weight is 259 g/mol. The van der Waals surface area contributed by atoms with E-state index in [2.05, 4.69) is 15.7 Å². The predicted octanol–water partition coefficient (Wildman–Crippen LogP) is 1.63. The minimum Gasteiger partial charge on any atom is -0.384 e. The molecule has 0 bridgehead atoms. The van der Waals surface area contributed by atoms with Crippen molar-refractivity contribution in [2.24, 2.45) is 7.05 Å². The van der Waals surface area contributed by atoms with Gasteiger partial charge in [0.2, 0.25) is 0 Å². The van der Waals surface area contributed by atoms with Gasteiger partial charge >= 0.3 is 6.03 Å². The topological polar surface area (TPSA) is 85.0 Å². The van der Waals surface area contributed by atoms with E-state index in [4.69, 9.17) is 5.73 Å². The Labute approximate surface area is 111 Å². The van der Waals surface area contributed by atoms with Crippen LogP contribution in [0.5, 0.6) is 0 Å². The second-order valence-corrected chi connectivity index (χ2v) is 4.36. The molecule has 0 saturated carbocycles. The largest absolute Gasteiger partial charge is 0.384 e. The SMILES string of the molecule is Cc1cccc(NC(=O)NCc2cnn(C)c2N)c1. The number of nitrogens with zero attached hydrogens (tertiary/aromatic N) is 2. The van der Waals surface area contributed by atoms with E-state index < -0.39 is 0 Å². The predicted molar refractivity (Wildman–Crippen MR) is 74.7 cm³/mol. The second kappa shape index (κ2) is 5.43. The van der Waals surface area contributed by atoms with Crippen molar-refractivity contribution in [3.63, 3.8) is 0 Å². The van der Waals surface area contributed by atoms with Gasteiger partial charge in [0.05, 0.1) is 6.20 Å². The number of anilines is 2. The zero-order chi connectivity index (χ0) is 13.8. The van der Waals surface area contributed by atoms with Crippen molar-refractivity contribution < 1.29 is 4.79 Å². The molecule has 100 valence electrons. The molecular formula is C13H17N5O. The molecule has 2 rings (SSSR count). The maximum Gasteiger partial charge on any atom is 0.319 e. The van der Waals surface area contributed by atoms with E-state index in [-0.39, 0.29) is 6.03 Å². The number of urea groups is 1. The first kappa shape index (κ1) is 12.9. The molecule has 0 fully saturated rings. The van der Waals surface area contributed by atoms with E-state index in [1.54, 1.807) is 17.9 Å². The summed E-state index contributed by atoms with van der Waals surface area (Å²) in [5.74, 6) is 0.552. The number of nitrogens with one attached hydrogen (secondary N) is 2. The summed E-state index contributed by atoms with van der Waals surface area (Å²) >= 11 is 0. The van der Waals surface area contributed by atoms with Gasteiger partial charge in [0.15, 0.2) is 0 Å². The average Bonchev–Trinajstić information content (AvgIpc) is 2.68. The van der Waals surface area contributed by atoms with Gasteiger partial charge in [0.25, 0.3) is 0 Å². The van der Waals surface area contributed by atoms with Gasteiger partial charge in [0, 0.05) is 24.8 Å². The summed E-state index contributed by atoms with van der Waals surface area (Å²) in [4.78, 5) is 11.7. The molecule has 0 unspecified atom stereocenters. The molecule has 1 aromatic heterocycles. The van der Waals surface area contributed by atoms with E-state index in [1.807, 2.05) is 31.2 Å². The fourth-order valence-corrected chi connectivity index (χ4v) is 1.70. The molecule has 4 N–H and O–H groups in total. The molecule has 0 spiro atoms. The Hall–Kier alpha value is -2.50. The summed E-state index contributed by atoms with van der Waals surface area (Å²) in [6.45, 7) is 2.32. The van der Waals surface area contributed by atoms with Gasteiger partial charge in [-0.2, -0.15) is 5.10 Å². The highest BCUT2D eigenvalue weighted by molar-refractivity contribution is 5.89. The van der Waals surface area contributed by atoms with Crippen LogP contribution >= 0.6 is 0 Å². The van der Waals surface area contributed by atoms with Crippen molar-refractivity contribution >= 4 is 17.5 Å². The van der Waals surface area contributed by atoms with Crippen molar-refractivity contribution in [3.05, 3.63) is 41.6 Å². The fraction of sp³-hybridized carbons (Fsp3) is 0.231. The Balaban J connectivity index is 1.90. The first-order chi connectivity index (χ1) is 9.06. The molecule has 1 aromatic carbocycles. The van der Waals surface area contributed by atoms with Crippen LogP contribution in [0.3, 0.4) is 0 Å². The normalized spacial score (nSPS) is 10.2. The highest BCUT2D eigenvalue weighted by Gasteiger charge is 2.06. The summed E-state index contributed by atoms with van der Waals surface area (Å²) in [6, 6.07) is 7.33. The number of amides is 2. The zero-order valence-corrected chi connectivity index (χ0v) is 11.0. The third kappa shape index (κ3) is 3.25. The Kier molecular flexibility index (Phi) is 3.70. The molecule has 0 aliphatic heterocycles. The number of hydrogen-bond acceptors (Lipinski definition) is 3. The van der Waals surface area contributed by atoms with Crippen LogP contribution in [0.4, 0.5) is 16.3 Å². The van der Waals surface area contributed by atoms with E-state index in [0.29, 0.717) is 12.4 Å². The van der Waals surface area contributed by atoms with Crippen LogP contribution in [0.25, 0.3) is 0 Å². The van der Waals surface area contributed by atoms with Crippen LogP contribution in [0.15, 0.2) is 30.5 Å². The van der Waals surface area contributed by atoms with Crippen LogP contribution < -0.4 is 16.4 Å². The lowest BCUT2D eigenvalue weighted by molar-refractivity contribution is 0.252. The molecule has 0 aliphatic rings. The maximum atomic E-state index is 11.7. The summed E-state index contributed by atoms with van der Waals surface area (Å²) in [5, 5.41) is 9.51. The van der Waals surface area contributed by atoms with Crippen LogP contribution in [0.2, 0.25) is 0 Å². The van der Waals surface area contributed by atoms with Crippen molar-refractivity contribution in [3.8, 4) is 0 Å². The van der Waals surface area contributed by atoms with Gasteiger partial charge in [-0.05, 0) is 24.6 Å². The maximum absolute atomic E-state index is 11.7. The lowest BCUT2D eigenvalue weighted by Gasteiger charge is -2.07. The van der Waals surface area contributed by atoms with Crippen molar-refractivity contribution in [1.29, 1.82) is 0 Å². The number of hydrogen-bond donors (Lipinski definition) is 3. The van der Waals surface area contributed by atoms with Gasteiger partial charge in [-0.15, -0.1) is 0 Å². The summed E-state index contributed by atoms with van der Waals surface area (Å²) in [5.41, 5.74) is 8.44. The van der Waals surface area contributed by atoms with Gasteiger partial charge in [-0.1, -0.05) is 12.1 Å². The van der Waals surface area contributed by atoms with Crippen molar-refractivity contribution in [2.45, 2.75) is 13.5 Å². The van der Waals surface area contributed by atoms with Crippen LogP contribution in [-0.4, -0.2) is 15.8 Å². The number of carbonyl (C=O) groups excluding carboxylic acids is 1. The molecular weight excluding hydrogens is 242 g/mol. The third-order valence-corrected chi connectivity index (χ3v) is 2.78. The number of rotatable bonds is 3. The van der Waals surface area contributed by atoms with E-state index in [9.17, 15) is 4.79 Å².